The topological polar surface area (TPSA) is 26.3 Å². The summed E-state index contributed by atoms with van der Waals surface area (Å²) in [5, 5.41) is -0.121. The molecule has 0 aromatic heterocycles. The molecule has 0 unspecified atom stereocenters. The Hall–Kier alpha value is -3.15. The maximum atomic E-state index is 14.8. The van der Waals surface area contributed by atoms with E-state index in [1.54, 1.807) is 6.07 Å². The van der Waals surface area contributed by atoms with Crippen LogP contribution in [0.5, 0.6) is 5.75 Å². The first-order valence-corrected chi connectivity index (χ1v) is 11.6. The summed E-state index contributed by atoms with van der Waals surface area (Å²) in [6, 6.07) is 9.04. The third-order valence-electron chi connectivity index (χ3n) is 6.66. The van der Waals surface area contributed by atoms with E-state index in [1.807, 2.05) is 6.92 Å². The summed E-state index contributed by atoms with van der Waals surface area (Å²) in [5.74, 6) is -4.88. The standard InChI is InChI=1S/C28H26F4O2/c1-2-3-4-5-17-6-8-18(9-7-17)19-10-12-23(24(29)15-19)28(33)34-21-11-13-22-20(14-21)16-25(30)27(32)26(22)31/h2-3,10-18H,4-9H2,1H3/b3-2+. The Morgan fingerprint density at radius 1 is 0.941 bits per heavy atom. The van der Waals surface area contributed by atoms with Gasteiger partial charge in [-0.3, -0.25) is 0 Å². The molecular weight excluding hydrogens is 444 g/mol. The summed E-state index contributed by atoms with van der Waals surface area (Å²) in [4.78, 5) is 12.5. The molecule has 3 aromatic rings. The van der Waals surface area contributed by atoms with E-state index in [9.17, 15) is 22.4 Å². The molecule has 178 valence electrons. The van der Waals surface area contributed by atoms with E-state index in [2.05, 4.69) is 12.2 Å². The van der Waals surface area contributed by atoms with Crippen molar-refractivity contribution < 1.29 is 27.1 Å². The zero-order valence-corrected chi connectivity index (χ0v) is 18.9. The van der Waals surface area contributed by atoms with Gasteiger partial charge in [-0.25, -0.2) is 22.4 Å². The van der Waals surface area contributed by atoms with Crippen LogP contribution in [-0.2, 0) is 0 Å². The lowest BCUT2D eigenvalue weighted by atomic mass is 9.77. The SMILES string of the molecule is C/C=C/CCC1CCC(c2ccc(C(=O)Oc3ccc4c(F)c(F)c(F)cc4c3)c(F)c2)CC1. The molecule has 6 heteroatoms. The molecule has 1 aliphatic rings. The van der Waals surface area contributed by atoms with Crippen molar-refractivity contribution in [2.24, 2.45) is 5.92 Å². The molecule has 4 rings (SSSR count). The smallest absolute Gasteiger partial charge is 0.346 e. The van der Waals surface area contributed by atoms with E-state index in [0.29, 0.717) is 5.92 Å². The number of carbonyl (C=O) groups excluding carboxylic acids is 1. The lowest BCUT2D eigenvalue weighted by Crippen LogP contribution is -2.15. The molecule has 0 spiro atoms. The van der Waals surface area contributed by atoms with Crippen LogP contribution in [0.3, 0.4) is 0 Å². The van der Waals surface area contributed by atoms with Crippen LogP contribution in [0.25, 0.3) is 10.8 Å². The van der Waals surface area contributed by atoms with Gasteiger partial charge in [-0.2, -0.15) is 0 Å². The molecule has 3 aromatic carbocycles. The molecule has 0 heterocycles. The summed E-state index contributed by atoms with van der Waals surface area (Å²) >= 11 is 0. The Morgan fingerprint density at radius 3 is 2.41 bits per heavy atom. The van der Waals surface area contributed by atoms with Crippen molar-refractivity contribution in [2.45, 2.75) is 51.4 Å². The van der Waals surface area contributed by atoms with Gasteiger partial charge < -0.3 is 4.74 Å². The number of carbonyl (C=O) groups is 1. The number of rotatable bonds is 6. The highest BCUT2D eigenvalue weighted by Crippen LogP contribution is 2.38. The molecule has 0 radical (unpaired) electrons. The van der Waals surface area contributed by atoms with Crippen molar-refractivity contribution >= 4 is 16.7 Å². The van der Waals surface area contributed by atoms with Crippen molar-refractivity contribution in [1.82, 2.24) is 0 Å². The highest BCUT2D eigenvalue weighted by molar-refractivity contribution is 5.92. The number of hydrogen-bond donors (Lipinski definition) is 0. The number of halogens is 4. The maximum Gasteiger partial charge on any atom is 0.346 e. The zero-order chi connectivity index (χ0) is 24.2. The fourth-order valence-electron chi connectivity index (χ4n) is 4.74. The Kier molecular flexibility index (Phi) is 7.35. The molecular formula is C28H26F4O2. The van der Waals surface area contributed by atoms with E-state index in [1.165, 1.54) is 36.8 Å². The Labute approximate surface area is 196 Å². The summed E-state index contributed by atoms with van der Waals surface area (Å²) in [7, 11) is 0. The van der Waals surface area contributed by atoms with Crippen molar-refractivity contribution in [2.75, 3.05) is 0 Å². The monoisotopic (exact) mass is 470 g/mol. The van der Waals surface area contributed by atoms with Gasteiger partial charge in [-0.15, -0.1) is 0 Å². The number of ether oxygens (including phenoxy) is 1. The van der Waals surface area contributed by atoms with Gasteiger partial charge in [0.05, 0.1) is 5.56 Å². The minimum atomic E-state index is -1.57. The summed E-state index contributed by atoms with van der Waals surface area (Å²) < 4.78 is 60.8. The molecule has 1 saturated carbocycles. The van der Waals surface area contributed by atoms with Crippen LogP contribution < -0.4 is 4.74 Å². The van der Waals surface area contributed by atoms with Crippen molar-refractivity contribution in [3.05, 3.63) is 89.0 Å². The van der Waals surface area contributed by atoms with Gasteiger partial charge in [0.15, 0.2) is 17.5 Å². The average molecular weight is 471 g/mol. The van der Waals surface area contributed by atoms with Crippen molar-refractivity contribution in [3.8, 4) is 5.75 Å². The zero-order valence-electron chi connectivity index (χ0n) is 18.9. The highest BCUT2D eigenvalue weighted by atomic mass is 19.2. The number of allylic oxidation sites excluding steroid dienone is 2. The molecule has 0 aliphatic heterocycles. The van der Waals surface area contributed by atoms with Gasteiger partial charge in [-0.05, 0) is 105 Å². The van der Waals surface area contributed by atoms with Gasteiger partial charge in [0.1, 0.15) is 11.6 Å². The number of fused-ring (bicyclic) bond motifs is 1. The minimum absolute atomic E-state index is 0.0253. The number of esters is 1. The van der Waals surface area contributed by atoms with Crippen LogP contribution in [0.1, 0.15) is 67.3 Å². The Balaban J connectivity index is 1.43. The fourth-order valence-corrected chi connectivity index (χ4v) is 4.74. The predicted molar refractivity (Wildman–Crippen MR) is 124 cm³/mol. The van der Waals surface area contributed by atoms with Crippen molar-refractivity contribution in [1.29, 1.82) is 0 Å². The van der Waals surface area contributed by atoms with E-state index >= 15 is 0 Å². The molecule has 2 nitrogen and oxygen atoms in total. The van der Waals surface area contributed by atoms with Crippen LogP contribution in [0.2, 0.25) is 0 Å². The van der Waals surface area contributed by atoms with Gasteiger partial charge in [0.2, 0.25) is 0 Å². The number of hydrogen-bond acceptors (Lipinski definition) is 2. The second kappa shape index (κ2) is 10.4. The van der Waals surface area contributed by atoms with E-state index in [4.69, 9.17) is 4.74 Å². The maximum absolute atomic E-state index is 14.8. The molecule has 0 N–H and O–H groups in total. The molecule has 1 fully saturated rings. The second-order valence-electron chi connectivity index (χ2n) is 8.86. The van der Waals surface area contributed by atoms with E-state index < -0.39 is 29.2 Å². The fraction of sp³-hybridized carbons (Fsp3) is 0.321. The third-order valence-corrected chi connectivity index (χ3v) is 6.66. The summed E-state index contributed by atoms with van der Waals surface area (Å²) in [6.45, 7) is 2.03. The van der Waals surface area contributed by atoms with Crippen molar-refractivity contribution in [3.63, 3.8) is 0 Å². The average Bonchev–Trinajstić information content (AvgIpc) is 2.83. The van der Waals surface area contributed by atoms with Gasteiger partial charge in [0, 0.05) is 5.39 Å². The molecule has 0 saturated heterocycles. The van der Waals surface area contributed by atoms with Crippen LogP contribution in [0, 0.1) is 29.2 Å². The van der Waals surface area contributed by atoms with Gasteiger partial charge >= 0.3 is 5.97 Å². The second-order valence-corrected chi connectivity index (χ2v) is 8.86. The molecule has 0 bridgehead atoms. The van der Waals surface area contributed by atoms with Crippen LogP contribution in [-0.4, -0.2) is 5.97 Å². The lowest BCUT2D eigenvalue weighted by Gasteiger charge is -2.28. The van der Waals surface area contributed by atoms with Crippen LogP contribution in [0.4, 0.5) is 17.6 Å². The predicted octanol–water partition coefficient (Wildman–Crippen LogP) is 8.25. The molecule has 0 atom stereocenters. The van der Waals surface area contributed by atoms with Gasteiger partial charge in [-0.1, -0.05) is 18.2 Å². The summed E-state index contributed by atoms with van der Waals surface area (Å²) in [6.07, 6.45) is 10.7. The summed E-state index contributed by atoms with van der Waals surface area (Å²) in [5.41, 5.74) is 0.653. The lowest BCUT2D eigenvalue weighted by molar-refractivity contribution is 0.0730. The first-order valence-electron chi connectivity index (χ1n) is 11.6. The van der Waals surface area contributed by atoms with Crippen LogP contribution >= 0.6 is 0 Å². The van der Waals surface area contributed by atoms with Gasteiger partial charge in [0.25, 0.3) is 0 Å². The normalized spacial score (nSPS) is 18.5. The largest absolute Gasteiger partial charge is 0.423 e. The Morgan fingerprint density at radius 2 is 1.71 bits per heavy atom. The minimum Gasteiger partial charge on any atom is -0.423 e. The van der Waals surface area contributed by atoms with E-state index in [-0.39, 0.29) is 28.0 Å². The quantitative estimate of drug-likeness (QED) is 0.119. The first kappa shape index (κ1) is 24.0. The molecule has 34 heavy (non-hydrogen) atoms. The molecule has 0 amide bonds. The number of benzene rings is 3. The Bertz CT molecular complexity index is 1230. The third kappa shape index (κ3) is 5.16. The molecule has 1 aliphatic carbocycles. The first-order chi connectivity index (χ1) is 16.4. The van der Waals surface area contributed by atoms with Crippen LogP contribution in [0.15, 0.2) is 54.6 Å². The van der Waals surface area contributed by atoms with E-state index in [0.717, 1.165) is 43.7 Å². The highest BCUT2D eigenvalue weighted by Gasteiger charge is 2.24.